The molecule has 1 aliphatic heterocycles. The third kappa shape index (κ3) is 5.08. The lowest BCUT2D eigenvalue weighted by Crippen LogP contribution is -2.47. The highest BCUT2D eigenvalue weighted by atomic mass is 19.1. The molecule has 1 atom stereocenters. The molecule has 0 aliphatic carbocycles. The Bertz CT molecular complexity index is 704. The molecule has 25 heavy (non-hydrogen) atoms. The Labute approximate surface area is 145 Å². The maximum absolute atomic E-state index is 13.2. The monoisotopic (exact) mass is 346 g/mol. The van der Waals surface area contributed by atoms with Crippen molar-refractivity contribution in [1.29, 1.82) is 0 Å². The van der Waals surface area contributed by atoms with Crippen molar-refractivity contribution >= 4 is 5.91 Å². The molecule has 0 aromatic heterocycles. The van der Waals surface area contributed by atoms with Crippen LogP contribution >= 0.6 is 0 Å². The second-order valence-electron chi connectivity index (χ2n) is 6.08. The van der Waals surface area contributed by atoms with Crippen molar-refractivity contribution in [3.8, 4) is 0 Å². The number of rotatable bonds is 5. The van der Waals surface area contributed by atoms with Crippen LogP contribution in [0.25, 0.3) is 0 Å². The van der Waals surface area contributed by atoms with Crippen LogP contribution in [0, 0.1) is 11.6 Å². The Morgan fingerprint density at radius 2 is 1.88 bits per heavy atom. The topological polar surface area (TPSA) is 41.6 Å². The van der Waals surface area contributed by atoms with Crippen molar-refractivity contribution in [2.24, 2.45) is 0 Å². The number of nitrogens with zero attached hydrogens (tertiary/aromatic N) is 1. The molecule has 0 spiro atoms. The number of carbonyl (C=O) groups is 1. The summed E-state index contributed by atoms with van der Waals surface area (Å²) in [6.45, 7) is 3.22. The van der Waals surface area contributed by atoms with E-state index in [1.54, 1.807) is 0 Å². The van der Waals surface area contributed by atoms with Crippen molar-refractivity contribution in [3.05, 3.63) is 71.3 Å². The summed E-state index contributed by atoms with van der Waals surface area (Å²) in [7, 11) is 0. The minimum Gasteiger partial charge on any atom is -0.374 e. The van der Waals surface area contributed by atoms with Crippen LogP contribution in [0.5, 0.6) is 0 Å². The Morgan fingerprint density at radius 1 is 1.16 bits per heavy atom. The first kappa shape index (κ1) is 17.5. The molecule has 1 saturated heterocycles. The summed E-state index contributed by atoms with van der Waals surface area (Å²) < 4.78 is 32.1. The highest BCUT2D eigenvalue weighted by Gasteiger charge is 2.21. The molecule has 0 radical (unpaired) electrons. The number of amides is 1. The van der Waals surface area contributed by atoms with E-state index in [1.807, 2.05) is 18.2 Å². The molecular formula is C19H20F2N2O2. The van der Waals surface area contributed by atoms with E-state index in [-0.39, 0.29) is 11.7 Å². The van der Waals surface area contributed by atoms with Gasteiger partial charge in [0.05, 0.1) is 12.7 Å². The molecule has 0 saturated carbocycles. The number of hydrogen-bond donors (Lipinski definition) is 1. The normalized spacial score (nSPS) is 18.1. The van der Waals surface area contributed by atoms with Gasteiger partial charge in [-0.3, -0.25) is 9.69 Å². The molecule has 132 valence electrons. The molecular weight excluding hydrogens is 326 g/mol. The largest absolute Gasteiger partial charge is 0.374 e. The van der Waals surface area contributed by atoms with Gasteiger partial charge >= 0.3 is 0 Å². The van der Waals surface area contributed by atoms with Crippen molar-refractivity contribution < 1.29 is 18.3 Å². The lowest BCUT2D eigenvalue weighted by molar-refractivity contribution is -0.0292. The van der Waals surface area contributed by atoms with Gasteiger partial charge in [-0.2, -0.15) is 0 Å². The molecule has 6 heteroatoms. The third-order valence-corrected chi connectivity index (χ3v) is 4.09. The van der Waals surface area contributed by atoms with Crippen LogP contribution in [-0.2, 0) is 11.3 Å². The van der Waals surface area contributed by atoms with Crippen molar-refractivity contribution in [1.82, 2.24) is 10.2 Å². The number of ether oxygens (including phenoxy) is 1. The van der Waals surface area contributed by atoms with Gasteiger partial charge in [-0.1, -0.05) is 30.3 Å². The maximum atomic E-state index is 13.2. The summed E-state index contributed by atoms with van der Waals surface area (Å²) in [5, 5.41) is 2.68. The summed E-state index contributed by atoms with van der Waals surface area (Å²) in [5.41, 5.74) is 1.19. The average molecular weight is 346 g/mol. The van der Waals surface area contributed by atoms with Crippen LogP contribution in [0.1, 0.15) is 15.9 Å². The highest BCUT2D eigenvalue weighted by Crippen LogP contribution is 2.11. The first-order valence-corrected chi connectivity index (χ1v) is 8.22. The Kier molecular flexibility index (Phi) is 5.73. The SMILES string of the molecule is O=C(NCC1CN(Cc2ccccc2)CCO1)c1cc(F)cc(F)c1. The number of carbonyl (C=O) groups excluding carboxylic acids is 1. The predicted molar refractivity (Wildman–Crippen MR) is 90.2 cm³/mol. The summed E-state index contributed by atoms with van der Waals surface area (Å²) >= 11 is 0. The zero-order valence-electron chi connectivity index (χ0n) is 13.8. The van der Waals surface area contributed by atoms with Crippen LogP contribution < -0.4 is 5.32 Å². The van der Waals surface area contributed by atoms with Crippen molar-refractivity contribution in [2.45, 2.75) is 12.6 Å². The van der Waals surface area contributed by atoms with Crippen LogP contribution in [-0.4, -0.2) is 43.2 Å². The number of hydrogen-bond acceptors (Lipinski definition) is 3. The summed E-state index contributed by atoms with van der Waals surface area (Å²) in [6, 6.07) is 12.9. The van der Waals surface area contributed by atoms with Gasteiger partial charge in [0.2, 0.25) is 0 Å². The first-order chi connectivity index (χ1) is 12.1. The number of nitrogens with one attached hydrogen (secondary N) is 1. The maximum Gasteiger partial charge on any atom is 0.251 e. The Balaban J connectivity index is 1.51. The molecule has 1 N–H and O–H groups in total. The molecule has 1 amide bonds. The quantitative estimate of drug-likeness (QED) is 0.905. The second-order valence-corrected chi connectivity index (χ2v) is 6.08. The average Bonchev–Trinajstić information content (AvgIpc) is 2.60. The number of benzene rings is 2. The molecule has 1 unspecified atom stereocenters. The van der Waals surface area contributed by atoms with E-state index >= 15 is 0 Å². The van der Waals surface area contributed by atoms with Crippen molar-refractivity contribution in [2.75, 3.05) is 26.2 Å². The van der Waals surface area contributed by atoms with Crippen LogP contribution in [0.4, 0.5) is 8.78 Å². The second kappa shape index (κ2) is 8.18. The number of morpholine rings is 1. The molecule has 1 fully saturated rings. The van der Waals surface area contributed by atoms with Gasteiger partial charge in [-0.05, 0) is 17.7 Å². The number of halogens is 2. The van der Waals surface area contributed by atoms with Crippen LogP contribution in [0.3, 0.4) is 0 Å². The van der Waals surface area contributed by atoms with Crippen molar-refractivity contribution in [3.63, 3.8) is 0 Å². The zero-order valence-corrected chi connectivity index (χ0v) is 13.8. The lowest BCUT2D eigenvalue weighted by Gasteiger charge is -2.33. The molecule has 1 heterocycles. The van der Waals surface area contributed by atoms with E-state index in [1.165, 1.54) is 5.56 Å². The molecule has 0 bridgehead atoms. The van der Waals surface area contributed by atoms with Gasteiger partial charge in [0.25, 0.3) is 5.91 Å². The van der Waals surface area contributed by atoms with E-state index in [9.17, 15) is 13.6 Å². The summed E-state index contributed by atoms with van der Waals surface area (Å²) in [6.07, 6.45) is -0.153. The molecule has 4 nitrogen and oxygen atoms in total. The van der Waals surface area contributed by atoms with E-state index in [0.717, 1.165) is 31.3 Å². The fraction of sp³-hybridized carbons (Fsp3) is 0.316. The van der Waals surface area contributed by atoms with Gasteiger partial charge in [-0.25, -0.2) is 8.78 Å². The van der Waals surface area contributed by atoms with Gasteiger partial charge in [0.15, 0.2) is 0 Å². The summed E-state index contributed by atoms with van der Waals surface area (Å²) in [5.74, 6) is -2.05. The Hall–Kier alpha value is -2.31. The smallest absolute Gasteiger partial charge is 0.251 e. The zero-order chi connectivity index (χ0) is 17.6. The highest BCUT2D eigenvalue weighted by molar-refractivity contribution is 5.94. The van der Waals surface area contributed by atoms with Gasteiger partial charge in [0.1, 0.15) is 11.6 Å². The van der Waals surface area contributed by atoms with Gasteiger partial charge in [0, 0.05) is 37.8 Å². The Morgan fingerprint density at radius 3 is 2.60 bits per heavy atom. The lowest BCUT2D eigenvalue weighted by atomic mass is 10.1. The van der Waals surface area contributed by atoms with Gasteiger partial charge in [-0.15, -0.1) is 0 Å². The summed E-state index contributed by atoms with van der Waals surface area (Å²) in [4.78, 5) is 14.3. The standard InChI is InChI=1S/C19H20F2N2O2/c20-16-8-15(9-17(21)10-16)19(24)22-11-18-13-23(6-7-25-18)12-14-4-2-1-3-5-14/h1-5,8-10,18H,6-7,11-13H2,(H,22,24). The van der Waals surface area contributed by atoms with Gasteiger partial charge < -0.3 is 10.1 Å². The van der Waals surface area contributed by atoms with E-state index in [0.29, 0.717) is 19.7 Å². The minimum atomic E-state index is -0.770. The van der Waals surface area contributed by atoms with Crippen LogP contribution in [0.15, 0.2) is 48.5 Å². The molecule has 2 aromatic carbocycles. The third-order valence-electron chi connectivity index (χ3n) is 4.09. The van der Waals surface area contributed by atoms with Crippen LogP contribution in [0.2, 0.25) is 0 Å². The fourth-order valence-electron chi connectivity index (χ4n) is 2.88. The van der Waals surface area contributed by atoms with E-state index in [2.05, 4.69) is 22.3 Å². The van der Waals surface area contributed by atoms with E-state index in [4.69, 9.17) is 4.74 Å². The molecule has 2 aromatic rings. The molecule has 1 aliphatic rings. The predicted octanol–water partition coefficient (Wildman–Crippen LogP) is 2.60. The fourth-order valence-corrected chi connectivity index (χ4v) is 2.88. The first-order valence-electron chi connectivity index (χ1n) is 8.22. The van der Waals surface area contributed by atoms with E-state index < -0.39 is 17.5 Å². The molecule has 3 rings (SSSR count). The minimum absolute atomic E-state index is 0.0329.